The molecule has 0 aliphatic heterocycles. The number of rotatable bonds is 2. The van der Waals surface area contributed by atoms with Crippen molar-refractivity contribution >= 4 is 51.9 Å². The first-order valence-electron chi connectivity index (χ1n) is 6.30. The molecule has 0 atom stereocenters. The lowest BCUT2D eigenvalue weighted by atomic mass is 10.3. The van der Waals surface area contributed by atoms with E-state index in [2.05, 4.69) is 10.1 Å². The molecule has 1 aromatic carbocycles. The molecule has 0 saturated carbocycles. The van der Waals surface area contributed by atoms with E-state index in [9.17, 15) is 0 Å². The van der Waals surface area contributed by atoms with Crippen molar-refractivity contribution in [1.29, 1.82) is 0 Å². The third-order valence-corrected chi connectivity index (χ3v) is 4.29. The molecule has 0 amide bonds. The van der Waals surface area contributed by atoms with E-state index in [1.54, 1.807) is 16.7 Å². The number of aromatic nitrogens is 4. The highest BCUT2D eigenvalue weighted by molar-refractivity contribution is 6.43. The average molecular weight is 345 g/mol. The fraction of sp³-hybridized carbons (Fsp3) is 0.231. The summed E-state index contributed by atoms with van der Waals surface area (Å²) in [5.74, 6) is 0.327. The lowest BCUT2D eigenvalue weighted by Crippen LogP contribution is -2.07. The molecule has 2 aromatic heterocycles. The van der Waals surface area contributed by atoms with Gasteiger partial charge in [0.25, 0.3) is 0 Å². The summed E-state index contributed by atoms with van der Waals surface area (Å²) in [6.07, 6.45) is 0. The van der Waals surface area contributed by atoms with E-state index in [0.717, 1.165) is 16.9 Å². The summed E-state index contributed by atoms with van der Waals surface area (Å²) in [4.78, 5) is 4.37. The second-order valence-electron chi connectivity index (χ2n) is 4.60. The Bertz CT molecular complexity index is 849. The van der Waals surface area contributed by atoms with Gasteiger partial charge in [-0.2, -0.15) is 5.10 Å². The Balaban J connectivity index is 2.40. The van der Waals surface area contributed by atoms with Gasteiger partial charge in [0.05, 0.1) is 26.4 Å². The second-order valence-corrected chi connectivity index (χ2v) is 5.82. The zero-order chi connectivity index (χ0) is 15.3. The lowest BCUT2D eigenvalue weighted by molar-refractivity contribution is 0.663. The van der Waals surface area contributed by atoms with Crippen molar-refractivity contribution in [3.8, 4) is 5.69 Å². The highest BCUT2D eigenvalue weighted by atomic mass is 35.5. The van der Waals surface area contributed by atoms with Gasteiger partial charge in [0.15, 0.2) is 5.65 Å². The van der Waals surface area contributed by atoms with Crippen molar-refractivity contribution in [1.82, 2.24) is 19.3 Å². The number of nitrogens with zero attached hydrogens (tertiary/aromatic N) is 4. The van der Waals surface area contributed by atoms with Crippen LogP contribution in [0.4, 0.5) is 5.95 Å². The van der Waals surface area contributed by atoms with Gasteiger partial charge in [-0.05, 0) is 26.0 Å². The van der Waals surface area contributed by atoms with Gasteiger partial charge in [0, 0.05) is 6.54 Å². The Morgan fingerprint density at radius 3 is 2.48 bits per heavy atom. The number of nitrogens with two attached hydrogens (primary N) is 1. The number of halogens is 3. The number of fused-ring (bicyclic) bond motifs is 1. The molecule has 0 radical (unpaired) electrons. The molecule has 2 N–H and O–H groups in total. The fourth-order valence-electron chi connectivity index (χ4n) is 2.33. The molecule has 0 fully saturated rings. The largest absolute Gasteiger partial charge is 0.369 e. The minimum atomic E-state index is 0.327. The van der Waals surface area contributed by atoms with E-state index >= 15 is 0 Å². The number of nitrogen functional groups attached to an aromatic ring is 1. The minimum Gasteiger partial charge on any atom is -0.369 e. The quantitative estimate of drug-likeness (QED) is 0.712. The van der Waals surface area contributed by atoms with Gasteiger partial charge in [-0.25, -0.2) is 9.67 Å². The minimum absolute atomic E-state index is 0.327. The number of hydrogen-bond acceptors (Lipinski definition) is 3. The van der Waals surface area contributed by atoms with Crippen LogP contribution in [0.15, 0.2) is 12.1 Å². The van der Waals surface area contributed by atoms with Crippen LogP contribution in [0.2, 0.25) is 15.1 Å². The Kier molecular flexibility index (Phi) is 3.51. The van der Waals surface area contributed by atoms with Crippen molar-refractivity contribution in [2.75, 3.05) is 5.73 Å². The molecule has 21 heavy (non-hydrogen) atoms. The summed E-state index contributed by atoms with van der Waals surface area (Å²) in [5.41, 5.74) is 9.03. The lowest BCUT2D eigenvalue weighted by Gasteiger charge is -2.11. The smallest absolute Gasteiger partial charge is 0.207 e. The Hall–Kier alpha value is -1.43. The molecular weight excluding hydrogens is 333 g/mol. The van der Waals surface area contributed by atoms with Crippen molar-refractivity contribution in [3.05, 3.63) is 32.9 Å². The summed E-state index contributed by atoms with van der Waals surface area (Å²) >= 11 is 18.4. The number of hydrogen-bond donors (Lipinski definition) is 1. The molecule has 110 valence electrons. The van der Waals surface area contributed by atoms with E-state index in [-0.39, 0.29) is 0 Å². The van der Waals surface area contributed by atoms with Crippen LogP contribution in [0, 0.1) is 6.92 Å². The normalized spacial score (nSPS) is 11.5. The van der Waals surface area contributed by atoms with E-state index < -0.39 is 0 Å². The molecule has 0 bridgehead atoms. The van der Waals surface area contributed by atoms with Gasteiger partial charge in [0.1, 0.15) is 5.52 Å². The average Bonchev–Trinajstić information content (AvgIpc) is 2.91. The molecular formula is C13H12Cl3N5. The van der Waals surface area contributed by atoms with Gasteiger partial charge >= 0.3 is 0 Å². The Morgan fingerprint density at radius 2 is 1.81 bits per heavy atom. The Morgan fingerprint density at radius 1 is 1.14 bits per heavy atom. The number of anilines is 1. The van der Waals surface area contributed by atoms with Gasteiger partial charge in [0.2, 0.25) is 5.95 Å². The van der Waals surface area contributed by atoms with Crippen molar-refractivity contribution in [2.24, 2.45) is 0 Å². The maximum atomic E-state index is 6.29. The predicted octanol–water partition coefficient (Wildman–Crippen LogP) is 4.09. The van der Waals surface area contributed by atoms with Crippen molar-refractivity contribution in [2.45, 2.75) is 20.4 Å². The predicted molar refractivity (Wildman–Crippen MR) is 86.7 cm³/mol. The van der Waals surface area contributed by atoms with Crippen LogP contribution < -0.4 is 5.73 Å². The van der Waals surface area contributed by atoms with Crippen LogP contribution in [0.5, 0.6) is 0 Å². The molecule has 2 heterocycles. The molecule has 5 nitrogen and oxygen atoms in total. The van der Waals surface area contributed by atoms with E-state index in [1.807, 2.05) is 18.5 Å². The first-order chi connectivity index (χ1) is 9.93. The summed E-state index contributed by atoms with van der Waals surface area (Å²) < 4.78 is 3.57. The second kappa shape index (κ2) is 5.09. The summed E-state index contributed by atoms with van der Waals surface area (Å²) in [5, 5.41) is 5.67. The third-order valence-electron chi connectivity index (χ3n) is 3.27. The summed E-state index contributed by atoms with van der Waals surface area (Å²) in [6, 6.07) is 3.26. The monoisotopic (exact) mass is 343 g/mol. The van der Waals surface area contributed by atoms with Crippen LogP contribution in [-0.4, -0.2) is 19.3 Å². The molecule has 3 aromatic rings. The first-order valence-corrected chi connectivity index (χ1v) is 7.43. The van der Waals surface area contributed by atoms with Crippen LogP contribution in [0.1, 0.15) is 12.6 Å². The van der Waals surface area contributed by atoms with E-state index in [4.69, 9.17) is 40.5 Å². The molecule has 0 spiro atoms. The molecule has 0 saturated heterocycles. The van der Waals surface area contributed by atoms with Crippen LogP contribution in [-0.2, 0) is 6.54 Å². The highest BCUT2D eigenvalue weighted by Gasteiger charge is 2.20. The van der Waals surface area contributed by atoms with Gasteiger partial charge < -0.3 is 5.73 Å². The molecule has 3 rings (SSSR count). The third kappa shape index (κ3) is 2.16. The molecule has 0 unspecified atom stereocenters. The summed E-state index contributed by atoms with van der Waals surface area (Å²) in [6.45, 7) is 4.58. The Labute approximate surface area is 136 Å². The zero-order valence-corrected chi connectivity index (χ0v) is 13.6. The number of benzene rings is 1. The van der Waals surface area contributed by atoms with Crippen molar-refractivity contribution < 1.29 is 0 Å². The molecule has 8 heteroatoms. The van der Waals surface area contributed by atoms with Gasteiger partial charge in [-0.15, -0.1) is 0 Å². The number of imidazole rings is 1. The molecule has 0 aliphatic rings. The van der Waals surface area contributed by atoms with Gasteiger partial charge in [-0.3, -0.25) is 4.57 Å². The molecule has 0 aliphatic carbocycles. The number of aryl methyl sites for hydroxylation is 2. The van der Waals surface area contributed by atoms with Crippen LogP contribution >= 0.6 is 34.8 Å². The fourth-order valence-corrected chi connectivity index (χ4v) is 2.95. The van der Waals surface area contributed by atoms with Crippen LogP contribution in [0.3, 0.4) is 0 Å². The maximum Gasteiger partial charge on any atom is 0.207 e. The first kappa shape index (κ1) is 14.5. The van der Waals surface area contributed by atoms with Gasteiger partial charge in [-0.1, -0.05) is 34.8 Å². The summed E-state index contributed by atoms with van der Waals surface area (Å²) in [7, 11) is 0. The standard InChI is InChI=1S/C13H12Cl3N5/c1-3-20-12-11(6(2)19-20)18-13(17)21(12)10-5-8(15)7(14)4-9(10)16/h4-5H,3H2,1-2H3,(H2,17,18). The maximum absolute atomic E-state index is 6.29. The highest BCUT2D eigenvalue weighted by Crippen LogP contribution is 2.34. The topological polar surface area (TPSA) is 61.7 Å². The van der Waals surface area contributed by atoms with Crippen molar-refractivity contribution in [3.63, 3.8) is 0 Å². The van der Waals surface area contributed by atoms with E-state index in [0.29, 0.717) is 33.2 Å². The van der Waals surface area contributed by atoms with E-state index in [1.165, 1.54) is 0 Å². The van der Waals surface area contributed by atoms with Crippen LogP contribution in [0.25, 0.3) is 16.9 Å². The zero-order valence-electron chi connectivity index (χ0n) is 11.4. The SMILES string of the molecule is CCn1nc(C)c2nc(N)n(-c3cc(Cl)c(Cl)cc3Cl)c21.